The van der Waals surface area contributed by atoms with Crippen LogP contribution in [0.1, 0.15) is 18.4 Å². The molecule has 1 aromatic rings. The average Bonchev–Trinajstić information content (AvgIpc) is 3.18. The van der Waals surface area contributed by atoms with Gasteiger partial charge in [0.1, 0.15) is 6.10 Å². The van der Waals surface area contributed by atoms with E-state index in [9.17, 15) is 9.59 Å². The molecule has 3 heterocycles. The highest BCUT2D eigenvalue weighted by Crippen LogP contribution is 2.16. The van der Waals surface area contributed by atoms with Crippen molar-refractivity contribution in [2.45, 2.75) is 25.4 Å². The second kappa shape index (κ2) is 6.52. The molecule has 6 heteroatoms. The van der Waals surface area contributed by atoms with E-state index in [-0.39, 0.29) is 17.9 Å². The van der Waals surface area contributed by atoms with Gasteiger partial charge in [0, 0.05) is 52.2 Å². The van der Waals surface area contributed by atoms with Crippen molar-refractivity contribution in [2.24, 2.45) is 7.05 Å². The predicted octanol–water partition coefficient (Wildman–Crippen LogP) is 0.417. The Morgan fingerprint density at radius 1 is 1.23 bits per heavy atom. The fourth-order valence-corrected chi connectivity index (χ4v) is 3.10. The quantitative estimate of drug-likeness (QED) is 0.813. The van der Waals surface area contributed by atoms with Crippen molar-refractivity contribution in [3.63, 3.8) is 0 Å². The Hall–Kier alpha value is -1.82. The zero-order valence-corrected chi connectivity index (χ0v) is 13.0. The number of rotatable bonds is 3. The summed E-state index contributed by atoms with van der Waals surface area (Å²) in [6.45, 7) is 3.14. The van der Waals surface area contributed by atoms with Crippen LogP contribution in [-0.2, 0) is 27.8 Å². The summed E-state index contributed by atoms with van der Waals surface area (Å²) in [5.41, 5.74) is 1.03. The summed E-state index contributed by atoms with van der Waals surface area (Å²) in [7, 11) is 1.95. The SMILES string of the molecule is Cn1ccc(CC(=O)N2CCN(C(=O)C3CCCO3)CC2)c1. The summed E-state index contributed by atoms with van der Waals surface area (Å²) in [6.07, 6.45) is 5.88. The van der Waals surface area contributed by atoms with Gasteiger partial charge in [0.2, 0.25) is 5.91 Å². The molecule has 1 atom stereocenters. The lowest BCUT2D eigenvalue weighted by Crippen LogP contribution is -2.53. The van der Waals surface area contributed by atoms with E-state index in [1.807, 2.05) is 39.9 Å². The predicted molar refractivity (Wildman–Crippen MR) is 81.3 cm³/mol. The van der Waals surface area contributed by atoms with Crippen molar-refractivity contribution >= 4 is 11.8 Å². The van der Waals surface area contributed by atoms with Crippen molar-refractivity contribution in [1.82, 2.24) is 14.4 Å². The first-order valence-corrected chi connectivity index (χ1v) is 7.92. The molecule has 0 aromatic carbocycles. The fourth-order valence-electron chi connectivity index (χ4n) is 3.10. The van der Waals surface area contributed by atoms with Crippen LogP contribution >= 0.6 is 0 Å². The van der Waals surface area contributed by atoms with E-state index in [0.717, 1.165) is 18.4 Å². The zero-order valence-electron chi connectivity index (χ0n) is 13.0. The minimum absolute atomic E-state index is 0.0904. The van der Waals surface area contributed by atoms with Gasteiger partial charge in [0.05, 0.1) is 6.42 Å². The summed E-state index contributed by atoms with van der Waals surface area (Å²) in [4.78, 5) is 28.3. The van der Waals surface area contributed by atoms with Crippen molar-refractivity contribution in [2.75, 3.05) is 32.8 Å². The van der Waals surface area contributed by atoms with E-state index in [4.69, 9.17) is 4.74 Å². The van der Waals surface area contributed by atoms with Crippen LogP contribution in [0.25, 0.3) is 0 Å². The molecule has 2 aliphatic heterocycles. The minimum Gasteiger partial charge on any atom is -0.368 e. The summed E-state index contributed by atoms with van der Waals surface area (Å²) in [5, 5.41) is 0. The molecule has 3 rings (SSSR count). The van der Waals surface area contributed by atoms with Crippen LogP contribution in [0.5, 0.6) is 0 Å². The maximum absolute atomic E-state index is 12.3. The Balaban J connectivity index is 1.48. The van der Waals surface area contributed by atoms with E-state index in [1.165, 1.54) is 0 Å². The molecular formula is C16H23N3O3. The van der Waals surface area contributed by atoms with Crippen molar-refractivity contribution < 1.29 is 14.3 Å². The highest BCUT2D eigenvalue weighted by Gasteiger charge is 2.31. The normalized spacial score (nSPS) is 22.1. The van der Waals surface area contributed by atoms with Gasteiger partial charge < -0.3 is 19.1 Å². The van der Waals surface area contributed by atoms with Gasteiger partial charge in [0.25, 0.3) is 5.91 Å². The number of ether oxygens (including phenoxy) is 1. The number of hydrogen-bond acceptors (Lipinski definition) is 3. The average molecular weight is 305 g/mol. The van der Waals surface area contributed by atoms with E-state index >= 15 is 0 Å². The van der Waals surface area contributed by atoms with Crippen LogP contribution in [-0.4, -0.2) is 65.1 Å². The van der Waals surface area contributed by atoms with Crippen LogP contribution in [0.4, 0.5) is 0 Å². The Morgan fingerprint density at radius 2 is 1.95 bits per heavy atom. The van der Waals surface area contributed by atoms with Crippen molar-refractivity contribution in [3.8, 4) is 0 Å². The fraction of sp³-hybridized carbons (Fsp3) is 0.625. The molecular weight excluding hydrogens is 282 g/mol. The first-order chi connectivity index (χ1) is 10.6. The van der Waals surface area contributed by atoms with Gasteiger partial charge in [0.15, 0.2) is 0 Å². The van der Waals surface area contributed by atoms with E-state index < -0.39 is 0 Å². The summed E-state index contributed by atoms with van der Waals surface area (Å²) < 4.78 is 7.39. The first-order valence-electron chi connectivity index (χ1n) is 7.92. The van der Waals surface area contributed by atoms with Crippen LogP contribution in [0, 0.1) is 0 Å². The van der Waals surface area contributed by atoms with E-state index in [0.29, 0.717) is 39.2 Å². The van der Waals surface area contributed by atoms with Crippen molar-refractivity contribution in [3.05, 3.63) is 24.0 Å². The molecule has 2 aliphatic rings. The molecule has 0 radical (unpaired) electrons. The molecule has 0 bridgehead atoms. The summed E-state index contributed by atoms with van der Waals surface area (Å²) in [5.74, 6) is 0.225. The zero-order chi connectivity index (χ0) is 15.5. The number of aromatic nitrogens is 1. The molecule has 2 fully saturated rings. The molecule has 0 N–H and O–H groups in total. The Bertz CT molecular complexity index is 541. The van der Waals surface area contributed by atoms with Gasteiger partial charge in [-0.25, -0.2) is 0 Å². The van der Waals surface area contributed by atoms with Gasteiger partial charge in [-0.3, -0.25) is 9.59 Å². The van der Waals surface area contributed by atoms with Gasteiger partial charge >= 0.3 is 0 Å². The van der Waals surface area contributed by atoms with Gasteiger partial charge in [-0.05, 0) is 24.5 Å². The monoisotopic (exact) mass is 305 g/mol. The van der Waals surface area contributed by atoms with Gasteiger partial charge in [-0.15, -0.1) is 0 Å². The van der Waals surface area contributed by atoms with E-state index in [2.05, 4.69) is 0 Å². The molecule has 2 saturated heterocycles. The van der Waals surface area contributed by atoms with Crippen molar-refractivity contribution in [1.29, 1.82) is 0 Å². The lowest BCUT2D eigenvalue weighted by molar-refractivity contribution is -0.145. The number of carbonyl (C=O) groups excluding carboxylic acids is 2. The third-order valence-electron chi connectivity index (χ3n) is 4.40. The second-order valence-corrected chi connectivity index (χ2v) is 6.07. The lowest BCUT2D eigenvalue weighted by atomic mass is 10.2. The smallest absolute Gasteiger partial charge is 0.251 e. The number of amides is 2. The number of aryl methyl sites for hydroxylation is 1. The molecule has 22 heavy (non-hydrogen) atoms. The third kappa shape index (κ3) is 3.32. The topological polar surface area (TPSA) is 54.8 Å². The van der Waals surface area contributed by atoms with E-state index in [1.54, 1.807) is 0 Å². The molecule has 0 saturated carbocycles. The largest absolute Gasteiger partial charge is 0.368 e. The van der Waals surface area contributed by atoms with Crippen LogP contribution < -0.4 is 0 Å². The standard InChI is InChI=1S/C16H23N3O3/c1-17-5-4-13(12-17)11-15(20)18-6-8-19(9-7-18)16(21)14-3-2-10-22-14/h4-5,12,14H,2-3,6-11H2,1H3. The summed E-state index contributed by atoms with van der Waals surface area (Å²) in [6, 6.07) is 1.97. The minimum atomic E-state index is -0.258. The molecule has 0 aliphatic carbocycles. The maximum Gasteiger partial charge on any atom is 0.251 e. The number of nitrogens with zero attached hydrogens (tertiary/aromatic N) is 3. The molecule has 6 nitrogen and oxygen atoms in total. The summed E-state index contributed by atoms with van der Waals surface area (Å²) >= 11 is 0. The second-order valence-electron chi connectivity index (χ2n) is 6.07. The molecule has 0 spiro atoms. The number of carbonyl (C=O) groups is 2. The Morgan fingerprint density at radius 3 is 2.55 bits per heavy atom. The Kier molecular flexibility index (Phi) is 4.47. The first kappa shape index (κ1) is 15.1. The third-order valence-corrected chi connectivity index (χ3v) is 4.40. The van der Waals surface area contributed by atoms with Crippen LogP contribution in [0.3, 0.4) is 0 Å². The highest BCUT2D eigenvalue weighted by atomic mass is 16.5. The lowest BCUT2D eigenvalue weighted by Gasteiger charge is -2.35. The van der Waals surface area contributed by atoms with Crippen LogP contribution in [0.15, 0.2) is 18.5 Å². The number of hydrogen-bond donors (Lipinski definition) is 0. The number of piperazine rings is 1. The molecule has 2 amide bonds. The van der Waals surface area contributed by atoms with Gasteiger partial charge in [-0.1, -0.05) is 0 Å². The Labute approximate surface area is 130 Å². The molecule has 1 aromatic heterocycles. The maximum atomic E-state index is 12.3. The van der Waals surface area contributed by atoms with Gasteiger partial charge in [-0.2, -0.15) is 0 Å². The molecule has 120 valence electrons. The van der Waals surface area contributed by atoms with Crippen LogP contribution in [0.2, 0.25) is 0 Å². The molecule has 1 unspecified atom stereocenters. The highest BCUT2D eigenvalue weighted by molar-refractivity contribution is 5.82.